The maximum atomic E-state index is 11.9. The number of halogens is 1. The van der Waals surface area contributed by atoms with Crippen molar-refractivity contribution in [1.29, 1.82) is 0 Å². The number of hydrogen-bond acceptors (Lipinski definition) is 5. The lowest BCUT2D eigenvalue weighted by Crippen LogP contribution is -2.41. The smallest absolute Gasteiger partial charge is 0.305 e. The Bertz CT molecular complexity index is 841. The van der Waals surface area contributed by atoms with Crippen LogP contribution in [0.1, 0.15) is 21.0 Å². The van der Waals surface area contributed by atoms with Gasteiger partial charge in [0.2, 0.25) is 0 Å². The van der Waals surface area contributed by atoms with Crippen molar-refractivity contribution in [2.24, 2.45) is 0 Å². The topological polar surface area (TPSA) is 97.4 Å². The Morgan fingerprint density at radius 3 is 2.43 bits per heavy atom. The van der Waals surface area contributed by atoms with E-state index in [1.807, 2.05) is 30.3 Å². The molecule has 8 heteroatoms. The van der Waals surface area contributed by atoms with Gasteiger partial charge < -0.3 is 8.94 Å². The summed E-state index contributed by atoms with van der Waals surface area (Å²) in [5.41, 5.74) is 5.30. The summed E-state index contributed by atoms with van der Waals surface area (Å²) in [6, 6.07) is 13.8. The number of nitrogens with zero attached hydrogens (tertiary/aromatic N) is 1. The molecule has 2 aromatic heterocycles. The maximum Gasteiger partial charge on any atom is 0.305 e. The van der Waals surface area contributed by atoms with Crippen LogP contribution in [0.2, 0.25) is 0 Å². The zero-order valence-electron chi connectivity index (χ0n) is 11.6. The van der Waals surface area contributed by atoms with E-state index in [1.165, 1.54) is 12.1 Å². The molecule has 2 amide bonds. The first-order valence-corrected chi connectivity index (χ1v) is 7.31. The van der Waals surface area contributed by atoms with E-state index in [2.05, 4.69) is 31.9 Å². The van der Waals surface area contributed by atoms with Gasteiger partial charge in [-0.3, -0.25) is 20.4 Å². The van der Waals surface area contributed by atoms with Gasteiger partial charge in [-0.2, -0.15) is 0 Å². The highest BCUT2D eigenvalue weighted by Crippen LogP contribution is 2.19. The van der Waals surface area contributed by atoms with Crippen LogP contribution in [0, 0.1) is 0 Å². The molecule has 0 saturated carbocycles. The van der Waals surface area contributed by atoms with Gasteiger partial charge in [0.05, 0.1) is 0 Å². The minimum atomic E-state index is -0.602. The summed E-state index contributed by atoms with van der Waals surface area (Å²) < 4.78 is 10.6. The van der Waals surface area contributed by atoms with Crippen molar-refractivity contribution >= 4 is 27.7 Å². The van der Waals surface area contributed by atoms with E-state index in [4.69, 9.17) is 8.94 Å². The lowest BCUT2D eigenvalue weighted by Gasteiger charge is -2.02. The van der Waals surface area contributed by atoms with E-state index in [-0.39, 0.29) is 11.5 Å². The third-order valence-electron chi connectivity index (χ3n) is 2.89. The molecular formula is C15H10BrN3O4. The molecule has 0 unspecified atom stereocenters. The molecule has 0 saturated heterocycles. The monoisotopic (exact) mass is 375 g/mol. The van der Waals surface area contributed by atoms with Gasteiger partial charge in [-0.25, -0.2) is 0 Å². The van der Waals surface area contributed by atoms with E-state index in [0.29, 0.717) is 10.4 Å². The molecule has 2 N–H and O–H groups in total. The Kier molecular flexibility index (Phi) is 4.24. The lowest BCUT2D eigenvalue weighted by molar-refractivity contribution is 0.0825. The third kappa shape index (κ3) is 3.49. The Morgan fingerprint density at radius 2 is 1.74 bits per heavy atom. The molecule has 0 atom stereocenters. The maximum absolute atomic E-state index is 11.9. The standard InChI is InChI=1S/C15H10BrN3O4/c16-13-7-6-11(22-13)15(21)18-17-14(20)10-8-12(23-19-10)9-4-2-1-3-5-9/h1-8H,(H,17,20)(H,18,21). The van der Waals surface area contributed by atoms with Gasteiger partial charge in [0.25, 0.3) is 5.91 Å². The molecule has 0 aliphatic carbocycles. The third-order valence-corrected chi connectivity index (χ3v) is 3.31. The number of rotatable bonds is 3. The molecule has 0 aliphatic rings. The van der Waals surface area contributed by atoms with Gasteiger partial charge in [0.1, 0.15) is 0 Å². The molecular weight excluding hydrogens is 366 g/mol. The summed E-state index contributed by atoms with van der Waals surface area (Å²) in [5, 5.41) is 3.68. The van der Waals surface area contributed by atoms with E-state index < -0.39 is 11.8 Å². The number of benzene rings is 1. The number of carbonyl (C=O) groups is 2. The number of hydrazine groups is 1. The van der Waals surface area contributed by atoms with Crippen LogP contribution < -0.4 is 10.9 Å². The molecule has 0 aliphatic heterocycles. The van der Waals surface area contributed by atoms with E-state index >= 15 is 0 Å². The van der Waals surface area contributed by atoms with Crippen molar-refractivity contribution in [3.63, 3.8) is 0 Å². The fraction of sp³-hybridized carbons (Fsp3) is 0. The van der Waals surface area contributed by atoms with E-state index in [0.717, 1.165) is 5.56 Å². The van der Waals surface area contributed by atoms with Gasteiger partial charge in [0.15, 0.2) is 21.9 Å². The Labute approximate surface area is 138 Å². The molecule has 3 rings (SSSR count). The number of hydrogen-bond donors (Lipinski definition) is 2. The van der Waals surface area contributed by atoms with Crippen molar-refractivity contribution in [3.05, 3.63) is 64.7 Å². The Morgan fingerprint density at radius 1 is 1.00 bits per heavy atom. The zero-order chi connectivity index (χ0) is 16.2. The second-order valence-electron chi connectivity index (χ2n) is 4.45. The molecule has 0 fully saturated rings. The van der Waals surface area contributed by atoms with Crippen LogP contribution >= 0.6 is 15.9 Å². The highest BCUT2D eigenvalue weighted by atomic mass is 79.9. The zero-order valence-corrected chi connectivity index (χ0v) is 13.2. The predicted molar refractivity (Wildman–Crippen MR) is 83.3 cm³/mol. The van der Waals surface area contributed by atoms with Crippen molar-refractivity contribution in [2.75, 3.05) is 0 Å². The van der Waals surface area contributed by atoms with Gasteiger partial charge in [-0.1, -0.05) is 35.5 Å². The highest BCUT2D eigenvalue weighted by molar-refractivity contribution is 9.10. The van der Waals surface area contributed by atoms with Crippen LogP contribution in [0.25, 0.3) is 11.3 Å². The van der Waals surface area contributed by atoms with E-state index in [9.17, 15) is 9.59 Å². The average Bonchev–Trinajstić information content (AvgIpc) is 3.22. The fourth-order valence-corrected chi connectivity index (χ4v) is 2.10. The van der Waals surface area contributed by atoms with Crippen molar-refractivity contribution in [1.82, 2.24) is 16.0 Å². The number of aromatic nitrogens is 1. The molecule has 116 valence electrons. The minimum absolute atomic E-state index is 0.0461. The average molecular weight is 376 g/mol. The molecule has 7 nitrogen and oxygen atoms in total. The number of carbonyl (C=O) groups excluding carboxylic acids is 2. The van der Waals surface area contributed by atoms with Gasteiger partial charge in [-0.15, -0.1) is 0 Å². The van der Waals surface area contributed by atoms with Crippen LogP contribution in [-0.2, 0) is 0 Å². The second kappa shape index (κ2) is 6.49. The molecule has 1 aromatic carbocycles. The number of nitrogens with one attached hydrogen (secondary N) is 2. The molecule has 2 heterocycles. The first-order chi connectivity index (χ1) is 11.1. The summed E-state index contributed by atoms with van der Waals surface area (Å²) in [7, 11) is 0. The minimum Gasteiger partial charge on any atom is -0.444 e. The van der Waals surface area contributed by atoms with Crippen LogP contribution in [-0.4, -0.2) is 17.0 Å². The summed E-state index contributed by atoms with van der Waals surface area (Å²) in [4.78, 5) is 23.7. The summed E-state index contributed by atoms with van der Waals surface area (Å²) in [6.07, 6.45) is 0. The molecule has 23 heavy (non-hydrogen) atoms. The normalized spacial score (nSPS) is 10.3. The summed E-state index contributed by atoms with van der Waals surface area (Å²) >= 11 is 3.09. The van der Waals surface area contributed by atoms with Crippen molar-refractivity contribution < 1.29 is 18.5 Å². The highest BCUT2D eigenvalue weighted by Gasteiger charge is 2.16. The van der Waals surface area contributed by atoms with Crippen LogP contribution in [0.3, 0.4) is 0 Å². The number of amides is 2. The first kappa shape index (κ1) is 15.0. The van der Waals surface area contributed by atoms with Crippen LogP contribution in [0.4, 0.5) is 0 Å². The van der Waals surface area contributed by atoms with Crippen molar-refractivity contribution in [3.8, 4) is 11.3 Å². The predicted octanol–water partition coefficient (Wildman–Crippen LogP) is 2.77. The van der Waals surface area contributed by atoms with Crippen LogP contribution in [0.5, 0.6) is 0 Å². The Balaban J connectivity index is 1.63. The van der Waals surface area contributed by atoms with Gasteiger partial charge in [-0.05, 0) is 28.1 Å². The summed E-state index contributed by atoms with van der Waals surface area (Å²) in [6.45, 7) is 0. The first-order valence-electron chi connectivity index (χ1n) is 6.51. The molecule has 3 aromatic rings. The number of furan rings is 1. The SMILES string of the molecule is O=C(NNC(=O)c1ccc(Br)o1)c1cc(-c2ccccc2)on1. The van der Waals surface area contributed by atoms with Crippen LogP contribution in [0.15, 0.2) is 62.1 Å². The fourth-order valence-electron chi connectivity index (χ4n) is 1.80. The molecule has 0 spiro atoms. The Hall–Kier alpha value is -2.87. The quantitative estimate of drug-likeness (QED) is 0.686. The molecule has 0 bridgehead atoms. The van der Waals surface area contributed by atoms with E-state index in [1.54, 1.807) is 6.07 Å². The van der Waals surface area contributed by atoms with Gasteiger partial charge >= 0.3 is 5.91 Å². The second-order valence-corrected chi connectivity index (χ2v) is 5.24. The lowest BCUT2D eigenvalue weighted by atomic mass is 10.1. The van der Waals surface area contributed by atoms with Crippen molar-refractivity contribution in [2.45, 2.75) is 0 Å². The summed E-state index contributed by atoms with van der Waals surface area (Å²) in [5.74, 6) is -0.676. The molecule has 0 radical (unpaired) electrons. The largest absolute Gasteiger partial charge is 0.444 e. The van der Waals surface area contributed by atoms with Gasteiger partial charge in [0, 0.05) is 11.6 Å².